The predicted octanol–water partition coefficient (Wildman–Crippen LogP) is 8.01. The molecule has 4 aromatic carbocycles. The van der Waals surface area contributed by atoms with Gasteiger partial charge in [-0.3, -0.25) is 0 Å². The van der Waals surface area contributed by atoms with Crippen LogP contribution in [0.1, 0.15) is 70.4 Å². The molecule has 1 unspecified atom stereocenters. The number of ether oxygens (including phenoxy) is 4. The molecule has 1 aliphatic heterocycles. The first-order valence-corrected chi connectivity index (χ1v) is 21.3. The Morgan fingerprint density at radius 2 is 1.36 bits per heavy atom. The van der Waals surface area contributed by atoms with E-state index in [0.717, 1.165) is 50.9 Å². The van der Waals surface area contributed by atoms with Crippen LogP contribution in [-0.4, -0.2) is 71.5 Å². The highest BCUT2D eigenvalue weighted by molar-refractivity contribution is 7.00. The van der Waals surface area contributed by atoms with E-state index in [4.69, 9.17) is 23.4 Å². The van der Waals surface area contributed by atoms with Crippen LogP contribution in [0.4, 0.5) is 0 Å². The largest absolute Gasteiger partial charge is 0.531 e. The number of rotatable bonds is 20. The molecule has 8 heteroatoms. The van der Waals surface area contributed by atoms with Gasteiger partial charge in [0.15, 0.2) is 11.5 Å². The maximum atomic E-state index is 9.41. The van der Waals surface area contributed by atoms with Crippen LogP contribution < -0.4 is 24.3 Å². The molecule has 0 radical (unpaired) electrons. The van der Waals surface area contributed by atoms with Crippen LogP contribution in [0.25, 0.3) is 0 Å². The molecular weight excluding hydrogens is 679 g/mol. The minimum atomic E-state index is -2.90. The fourth-order valence-corrected chi connectivity index (χ4v) is 12.1. The lowest BCUT2D eigenvalue weighted by Crippen LogP contribution is -2.68. The van der Waals surface area contributed by atoms with Crippen molar-refractivity contribution >= 4 is 18.7 Å². The van der Waals surface area contributed by atoms with Crippen molar-refractivity contribution < 1.29 is 28.5 Å². The molecule has 1 heterocycles. The molecule has 1 aliphatic rings. The number of piperidine rings is 1. The van der Waals surface area contributed by atoms with Crippen molar-refractivity contribution in [3.05, 3.63) is 114 Å². The van der Waals surface area contributed by atoms with Gasteiger partial charge in [-0.15, -0.1) is 0 Å². The molecule has 1 atom stereocenters. The van der Waals surface area contributed by atoms with Crippen LogP contribution in [-0.2, 0) is 22.7 Å². The van der Waals surface area contributed by atoms with Gasteiger partial charge >= 0.3 is 8.32 Å². The zero-order chi connectivity index (χ0) is 37.5. The van der Waals surface area contributed by atoms with Gasteiger partial charge in [0.05, 0.1) is 33.5 Å². The van der Waals surface area contributed by atoms with E-state index in [0.29, 0.717) is 43.0 Å². The molecule has 286 valence electrons. The maximum Gasteiger partial charge on any atom is 0.320 e. The fourth-order valence-electron chi connectivity index (χ4n) is 7.64. The Balaban J connectivity index is 1.17. The van der Waals surface area contributed by atoms with Crippen LogP contribution in [0.15, 0.2) is 103 Å². The summed E-state index contributed by atoms with van der Waals surface area (Å²) < 4.78 is 31.8. The van der Waals surface area contributed by atoms with E-state index >= 15 is 0 Å². The standard InChI is InChI=1S/C45H61NO6Si/c1-45(2,3)53(40-19-11-7-12-20-40,41-21-13-8-14-22-41)52-43-33-38(32-42(48-4)44(43)49-5)34-50-31-26-36-23-27-46(28-24-36)29-25-39(18-15-30-47)51-35-37-16-9-6-10-17-37/h6-14,16-17,19-22,32-33,36,39,47H,15,18,23-31,34-35H2,1-5H3. The molecule has 4 aromatic rings. The summed E-state index contributed by atoms with van der Waals surface area (Å²) in [6.07, 6.45) is 6.24. The summed E-state index contributed by atoms with van der Waals surface area (Å²) >= 11 is 0. The average molecular weight is 740 g/mol. The molecule has 1 N–H and O–H groups in total. The second-order valence-electron chi connectivity index (χ2n) is 15.3. The minimum absolute atomic E-state index is 0.167. The predicted molar refractivity (Wildman–Crippen MR) is 217 cm³/mol. The summed E-state index contributed by atoms with van der Waals surface area (Å²) in [5, 5.41) is 11.6. The third-order valence-corrected chi connectivity index (χ3v) is 15.5. The Hall–Kier alpha value is -3.66. The van der Waals surface area contributed by atoms with Crippen molar-refractivity contribution in [3.63, 3.8) is 0 Å². The quantitative estimate of drug-likeness (QED) is 0.0728. The van der Waals surface area contributed by atoms with Gasteiger partial charge in [-0.05, 0) is 96.2 Å². The molecule has 53 heavy (non-hydrogen) atoms. The van der Waals surface area contributed by atoms with E-state index in [1.54, 1.807) is 14.2 Å². The summed E-state index contributed by atoms with van der Waals surface area (Å²) in [5.74, 6) is 2.57. The lowest BCUT2D eigenvalue weighted by Gasteiger charge is -2.43. The highest BCUT2D eigenvalue weighted by Gasteiger charge is 2.52. The first kappa shape index (κ1) is 40.5. The number of aliphatic hydroxyl groups excluding tert-OH is 1. The van der Waals surface area contributed by atoms with Crippen molar-refractivity contribution in [2.24, 2.45) is 5.92 Å². The van der Waals surface area contributed by atoms with Crippen LogP contribution in [0, 0.1) is 5.92 Å². The number of benzene rings is 4. The molecule has 0 spiro atoms. The van der Waals surface area contributed by atoms with Gasteiger partial charge in [0.25, 0.3) is 0 Å². The molecule has 1 saturated heterocycles. The summed E-state index contributed by atoms with van der Waals surface area (Å²) in [5.41, 5.74) is 2.19. The maximum absolute atomic E-state index is 9.41. The van der Waals surface area contributed by atoms with E-state index in [-0.39, 0.29) is 17.7 Å². The molecule has 0 aliphatic carbocycles. The Labute approximate surface area is 319 Å². The zero-order valence-electron chi connectivity index (χ0n) is 32.6. The number of nitrogens with zero attached hydrogens (tertiary/aromatic N) is 1. The summed E-state index contributed by atoms with van der Waals surface area (Å²) in [7, 11) is 0.451. The minimum Gasteiger partial charge on any atom is -0.531 e. The Bertz CT molecular complexity index is 1580. The Morgan fingerprint density at radius 3 is 1.92 bits per heavy atom. The van der Waals surface area contributed by atoms with Gasteiger partial charge in [0, 0.05) is 19.8 Å². The van der Waals surface area contributed by atoms with Crippen molar-refractivity contribution in [2.45, 2.75) is 83.7 Å². The van der Waals surface area contributed by atoms with Crippen LogP contribution in [0.2, 0.25) is 5.04 Å². The van der Waals surface area contributed by atoms with Gasteiger partial charge in [-0.1, -0.05) is 112 Å². The SMILES string of the molecule is COc1cc(COCCC2CCN(CCC(CCCO)OCc3ccccc3)CC2)cc(O[Si](c2ccccc2)(c2ccccc2)C(C)(C)C)c1OC. The molecule has 1 fully saturated rings. The second-order valence-corrected chi connectivity index (χ2v) is 19.5. The van der Waals surface area contributed by atoms with Crippen molar-refractivity contribution in [1.82, 2.24) is 4.90 Å². The molecule has 5 rings (SSSR count). The molecule has 0 aromatic heterocycles. The van der Waals surface area contributed by atoms with Crippen molar-refractivity contribution in [3.8, 4) is 17.2 Å². The highest BCUT2D eigenvalue weighted by atomic mass is 28.4. The van der Waals surface area contributed by atoms with Crippen molar-refractivity contribution in [1.29, 1.82) is 0 Å². The van der Waals surface area contributed by atoms with E-state index < -0.39 is 8.32 Å². The third kappa shape index (κ3) is 11.0. The monoisotopic (exact) mass is 739 g/mol. The van der Waals surface area contributed by atoms with Crippen LogP contribution in [0.5, 0.6) is 17.2 Å². The fraction of sp³-hybridized carbons (Fsp3) is 0.467. The van der Waals surface area contributed by atoms with Crippen LogP contribution >= 0.6 is 0 Å². The lowest BCUT2D eigenvalue weighted by atomic mass is 9.93. The average Bonchev–Trinajstić information content (AvgIpc) is 3.19. The highest BCUT2D eigenvalue weighted by Crippen LogP contribution is 2.44. The molecule has 0 amide bonds. The lowest BCUT2D eigenvalue weighted by molar-refractivity contribution is 0.0159. The third-order valence-electron chi connectivity index (χ3n) is 10.6. The molecule has 7 nitrogen and oxygen atoms in total. The first-order valence-electron chi connectivity index (χ1n) is 19.4. The van der Waals surface area contributed by atoms with E-state index in [2.05, 4.69) is 117 Å². The van der Waals surface area contributed by atoms with Gasteiger partial charge in [-0.25, -0.2) is 0 Å². The Morgan fingerprint density at radius 1 is 0.755 bits per heavy atom. The van der Waals surface area contributed by atoms with Gasteiger partial charge in [0.2, 0.25) is 5.75 Å². The van der Waals surface area contributed by atoms with Gasteiger partial charge in [0.1, 0.15) is 0 Å². The molecule has 0 bridgehead atoms. The number of likely N-dealkylation sites (tertiary alicyclic amines) is 1. The molecular formula is C45H61NO6Si. The molecule has 0 saturated carbocycles. The summed E-state index contributed by atoms with van der Waals surface area (Å²) in [6.45, 7) is 12.1. The Kier molecular flexibility index (Phi) is 15.4. The first-order chi connectivity index (χ1) is 25.8. The summed E-state index contributed by atoms with van der Waals surface area (Å²) in [6, 6.07) is 35.7. The number of hydrogen-bond donors (Lipinski definition) is 1. The zero-order valence-corrected chi connectivity index (χ0v) is 33.6. The van der Waals surface area contributed by atoms with Crippen molar-refractivity contribution in [2.75, 3.05) is 47.1 Å². The van der Waals surface area contributed by atoms with Crippen LogP contribution in [0.3, 0.4) is 0 Å². The van der Waals surface area contributed by atoms with E-state index in [1.807, 2.05) is 12.1 Å². The number of aliphatic hydroxyl groups is 1. The second kappa shape index (κ2) is 20.1. The normalized spacial score (nSPS) is 14.9. The van der Waals surface area contributed by atoms with Gasteiger partial charge < -0.3 is 33.4 Å². The van der Waals surface area contributed by atoms with E-state index in [1.165, 1.54) is 28.8 Å². The summed E-state index contributed by atoms with van der Waals surface area (Å²) in [4.78, 5) is 2.58. The van der Waals surface area contributed by atoms with Gasteiger partial charge in [-0.2, -0.15) is 0 Å². The number of hydrogen-bond acceptors (Lipinski definition) is 7. The topological polar surface area (TPSA) is 69.6 Å². The van der Waals surface area contributed by atoms with E-state index in [9.17, 15) is 5.11 Å². The number of methoxy groups -OCH3 is 2. The smallest absolute Gasteiger partial charge is 0.320 e.